The Morgan fingerprint density at radius 2 is 2.44 bits per heavy atom. The number of hydrogen-bond donors (Lipinski definition) is 3. The normalized spacial score (nSPS) is 11.4. The largest absolute Gasteiger partial charge is 0.393 e. The van der Waals surface area contributed by atoms with Gasteiger partial charge in [0.25, 0.3) is 0 Å². The number of amides is 2. The Morgan fingerprint density at radius 3 is 3.06 bits per heavy atom. The number of carbonyl (C=O) groups is 1. The van der Waals surface area contributed by atoms with E-state index in [-0.39, 0.29) is 0 Å². The molecule has 0 saturated heterocycles. The van der Waals surface area contributed by atoms with Crippen LogP contribution in [0.25, 0.3) is 0 Å². The molecule has 1 aromatic heterocycles. The maximum absolute atomic E-state index is 11.4. The van der Waals surface area contributed by atoms with Crippen LogP contribution < -0.4 is 10.6 Å². The van der Waals surface area contributed by atoms with Crippen molar-refractivity contribution in [3.8, 4) is 6.07 Å². The number of aromatic nitrogens is 1. The van der Waals surface area contributed by atoms with Gasteiger partial charge in [-0.3, -0.25) is 5.32 Å². The number of rotatable bonds is 4. The van der Waals surface area contributed by atoms with Gasteiger partial charge < -0.3 is 10.4 Å². The van der Waals surface area contributed by atoms with Crippen molar-refractivity contribution in [3.63, 3.8) is 0 Å². The van der Waals surface area contributed by atoms with E-state index < -0.39 is 12.1 Å². The molecule has 1 aromatic rings. The van der Waals surface area contributed by atoms with Crippen molar-refractivity contribution in [3.05, 3.63) is 22.3 Å². The molecule has 0 radical (unpaired) electrons. The summed E-state index contributed by atoms with van der Waals surface area (Å²) in [6.45, 7) is 2.01. The van der Waals surface area contributed by atoms with E-state index in [9.17, 15) is 4.79 Å². The van der Waals surface area contributed by atoms with E-state index in [1.165, 1.54) is 12.3 Å². The standard InChI is InChI=1S/C11H13BrN4O2/c1-7(17)2-3-14-11(18)16-10-4-8(5-13)9(12)6-15-10/h4,6-7,17H,2-3H2,1H3,(H2,14,15,16,18). The van der Waals surface area contributed by atoms with Crippen molar-refractivity contribution in [2.75, 3.05) is 11.9 Å². The van der Waals surface area contributed by atoms with Gasteiger partial charge in [-0.15, -0.1) is 0 Å². The molecule has 0 aromatic carbocycles. The number of nitriles is 1. The fraction of sp³-hybridized carbons (Fsp3) is 0.364. The molecule has 3 N–H and O–H groups in total. The van der Waals surface area contributed by atoms with Gasteiger partial charge in [0.1, 0.15) is 11.9 Å². The molecule has 0 spiro atoms. The number of nitrogens with one attached hydrogen (secondary N) is 2. The first-order chi connectivity index (χ1) is 8.52. The van der Waals surface area contributed by atoms with Gasteiger partial charge in [0.15, 0.2) is 0 Å². The van der Waals surface area contributed by atoms with E-state index in [2.05, 4.69) is 31.5 Å². The average molecular weight is 313 g/mol. The zero-order chi connectivity index (χ0) is 13.5. The second-order valence-corrected chi connectivity index (χ2v) is 4.53. The molecule has 1 heterocycles. The first-order valence-corrected chi connectivity index (χ1v) is 6.10. The van der Waals surface area contributed by atoms with Crippen molar-refractivity contribution >= 4 is 27.8 Å². The van der Waals surface area contributed by atoms with Gasteiger partial charge >= 0.3 is 6.03 Å². The van der Waals surface area contributed by atoms with Crippen LogP contribution in [0.1, 0.15) is 18.9 Å². The molecule has 0 aliphatic heterocycles. The zero-order valence-electron chi connectivity index (χ0n) is 9.77. The molecule has 1 atom stereocenters. The SMILES string of the molecule is CC(O)CCNC(=O)Nc1cc(C#N)c(Br)cn1. The highest BCUT2D eigenvalue weighted by molar-refractivity contribution is 9.10. The van der Waals surface area contributed by atoms with Gasteiger partial charge in [-0.2, -0.15) is 5.26 Å². The van der Waals surface area contributed by atoms with Crippen LogP contribution in [0.5, 0.6) is 0 Å². The minimum atomic E-state index is -0.457. The fourth-order valence-electron chi connectivity index (χ4n) is 1.15. The van der Waals surface area contributed by atoms with Gasteiger partial charge in [0.05, 0.1) is 16.1 Å². The van der Waals surface area contributed by atoms with E-state index in [1.54, 1.807) is 6.92 Å². The molecule has 96 valence electrons. The lowest BCUT2D eigenvalue weighted by molar-refractivity contribution is 0.184. The topological polar surface area (TPSA) is 98.0 Å². The summed E-state index contributed by atoms with van der Waals surface area (Å²) < 4.78 is 0.574. The molecule has 2 amide bonds. The van der Waals surface area contributed by atoms with Gasteiger partial charge in [-0.25, -0.2) is 9.78 Å². The van der Waals surface area contributed by atoms with Crippen molar-refractivity contribution in [2.24, 2.45) is 0 Å². The highest BCUT2D eigenvalue weighted by Crippen LogP contribution is 2.17. The first kappa shape index (κ1) is 14.4. The third-order valence-electron chi connectivity index (χ3n) is 2.07. The summed E-state index contributed by atoms with van der Waals surface area (Å²) in [5.41, 5.74) is 0.393. The van der Waals surface area contributed by atoms with Crippen molar-refractivity contribution in [1.29, 1.82) is 5.26 Å². The lowest BCUT2D eigenvalue weighted by atomic mass is 10.3. The van der Waals surface area contributed by atoms with Crippen molar-refractivity contribution in [2.45, 2.75) is 19.4 Å². The second-order valence-electron chi connectivity index (χ2n) is 3.68. The maximum Gasteiger partial charge on any atom is 0.320 e. The summed E-state index contributed by atoms with van der Waals surface area (Å²) in [7, 11) is 0. The summed E-state index contributed by atoms with van der Waals surface area (Å²) in [5, 5.41) is 22.9. The smallest absolute Gasteiger partial charge is 0.320 e. The van der Waals surface area contributed by atoms with Crippen molar-refractivity contribution < 1.29 is 9.90 Å². The van der Waals surface area contributed by atoms with Gasteiger partial charge in [0.2, 0.25) is 0 Å². The monoisotopic (exact) mass is 312 g/mol. The molecule has 0 bridgehead atoms. The third kappa shape index (κ3) is 4.69. The highest BCUT2D eigenvalue weighted by Gasteiger charge is 2.06. The van der Waals surface area contributed by atoms with Crippen LogP contribution in [0.15, 0.2) is 16.7 Å². The summed E-state index contributed by atoms with van der Waals surface area (Å²) in [6, 6.07) is 3.02. The molecule has 18 heavy (non-hydrogen) atoms. The van der Waals surface area contributed by atoms with Gasteiger partial charge in [-0.05, 0) is 35.3 Å². The summed E-state index contributed by atoms with van der Waals surface area (Å²) in [4.78, 5) is 15.4. The predicted octanol–water partition coefficient (Wildman–Crippen LogP) is 1.61. The number of anilines is 1. The van der Waals surface area contributed by atoms with E-state index in [1.807, 2.05) is 6.07 Å². The predicted molar refractivity (Wildman–Crippen MR) is 70.0 cm³/mol. The molecule has 0 aliphatic rings. The Balaban J connectivity index is 2.52. The van der Waals surface area contributed by atoms with Gasteiger partial charge in [0, 0.05) is 12.7 Å². The number of nitrogens with zero attached hydrogens (tertiary/aromatic N) is 2. The Morgan fingerprint density at radius 1 is 1.72 bits per heavy atom. The van der Waals surface area contributed by atoms with Crippen LogP contribution in [0.2, 0.25) is 0 Å². The molecule has 7 heteroatoms. The summed E-state index contributed by atoms with van der Waals surface area (Å²) in [6.07, 6.45) is 1.47. The molecule has 0 fully saturated rings. The Labute approximate surface area is 113 Å². The second kappa shape index (κ2) is 6.93. The number of aliphatic hydroxyl groups is 1. The average Bonchev–Trinajstić information content (AvgIpc) is 2.31. The van der Waals surface area contributed by atoms with Crippen LogP contribution >= 0.6 is 15.9 Å². The molecule has 1 rings (SSSR count). The molecule has 0 saturated carbocycles. The number of halogens is 1. The minimum Gasteiger partial charge on any atom is -0.393 e. The summed E-state index contributed by atoms with van der Waals surface area (Å²) >= 11 is 3.17. The molecule has 1 unspecified atom stereocenters. The van der Waals surface area contributed by atoms with E-state index in [0.717, 1.165) is 0 Å². The van der Waals surface area contributed by atoms with Crippen LogP contribution in [0.4, 0.5) is 10.6 Å². The molecular weight excluding hydrogens is 300 g/mol. The highest BCUT2D eigenvalue weighted by atomic mass is 79.9. The number of aliphatic hydroxyl groups excluding tert-OH is 1. The maximum atomic E-state index is 11.4. The Bertz CT molecular complexity index is 471. The number of urea groups is 1. The van der Waals surface area contributed by atoms with Gasteiger partial charge in [-0.1, -0.05) is 0 Å². The van der Waals surface area contributed by atoms with E-state index in [0.29, 0.717) is 28.8 Å². The number of carbonyl (C=O) groups excluding carboxylic acids is 1. The zero-order valence-corrected chi connectivity index (χ0v) is 11.4. The number of hydrogen-bond acceptors (Lipinski definition) is 4. The number of pyridine rings is 1. The minimum absolute atomic E-state index is 0.296. The van der Waals surface area contributed by atoms with Crippen LogP contribution in [0.3, 0.4) is 0 Å². The van der Waals surface area contributed by atoms with E-state index in [4.69, 9.17) is 10.4 Å². The Kier molecular flexibility index (Phi) is 5.55. The lowest BCUT2D eigenvalue weighted by Gasteiger charge is -2.08. The third-order valence-corrected chi connectivity index (χ3v) is 2.70. The van der Waals surface area contributed by atoms with E-state index >= 15 is 0 Å². The quantitative estimate of drug-likeness (QED) is 0.786. The Hall–Kier alpha value is -1.65. The molecule has 6 nitrogen and oxygen atoms in total. The first-order valence-electron chi connectivity index (χ1n) is 5.31. The van der Waals surface area contributed by atoms with Crippen LogP contribution in [0, 0.1) is 11.3 Å². The summed E-state index contributed by atoms with van der Waals surface area (Å²) in [5.74, 6) is 0.296. The fourth-order valence-corrected chi connectivity index (χ4v) is 1.45. The molecule has 0 aliphatic carbocycles. The lowest BCUT2D eigenvalue weighted by Crippen LogP contribution is -2.31. The van der Waals surface area contributed by atoms with Crippen LogP contribution in [-0.4, -0.2) is 28.8 Å². The van der Waals surface area contributed by atoms with Crippen molar-refractivity contribution in [1.82, 2.24) is 10.3 Å². The molecular formula is C11H13BrN4O2. The van der Waals surface area contributed by atoms with Crippen LogP contribution in [-0.2, 0) is 0 Å².